The van der Waals surface area contributed by atoms with E-state index in [0.29, 0.717) is 22.7 Å². The predicted octanol–water partition coefficient (Wildman–Crippen LogP) is 12.8. The van der Waals surface area contributed by atoms with Crippen molar-refractivity contribution in [3.05, 3.63) is 236 Å². The zero-order chi connectivity index (χ0) is 72.9. The molecule has 1 aliphatic carbocycles. The van der Waals surface area contributed by atoms with E-state index >= 15 is 0 Å². The van der Waals surface area contributed by atoms with Gasteiger partial charge in [0.15, 0.2) is 17.0 Å². The number of nitrogens with zero attached hydrogens (tertiary/aromatic N) is 8. The Kier molecular flexibility index (Phi) is 24.4. The molecule has 104 heavy (non-hydrogen) atoms. The molecular weight excluding hydrogens is 1370 g/mol. The molecule has 28 heteroatoms. The molecule has 12 rings (SSSR count). The number of H-pyrrole nitrogens is 1. The minimum absolute atomic E-state index is 0.0227. The van der Waals surface area contributed by atoms with E-state index < -0.39 is 82.9 Å². The predicted molar refractivity (Wildman–Crippen MR) is 387 cm³/mol. The van der Waals surface area contributed by atoms with E-state index in [1.165, 1.54) is 17.1 Å². The van der Waals surface area contributed by atoms with E-state index in [0.717, 1.165) is 44.5 Å². The van der Waals surface area contributed by atoms with Crippen LogP contribution in [-0.4, -0.2) is 129 Å². The number of aromatic nitrogens is 6. The van der Waals surface area contributed by atoms with Crippen LogP contribution < -0.4 is 31.4 Å². The van der Waals surface area contributed by atoms with Crippen LogP contribution in [0.25, 0.3) is 22.3 Å². The van der Waals surface area contributed by atoms with E-state index in [9.17, 15) is 29.7 Å². The molecular formula is C76H81N11O15P2. The second kappa shape index (κ2) is 34.3. The highest BCUT2D eigenvalue weighted by Crippen LogP contribution is 2.53. The van der Waals surface area contributed by atoms with Gasteiger partial charge in [0, 0.05) is 54.7 Å². The molecule has 540 valence electrons. The fourth-order valence-electron chi connectivity index (χ4n) is 13.2. The van der Waals surface area contributed by atoms with Gasteiger partial charge in [-0.05, 0) is 116 Å². The minimum atomic E-state index is -2.41. The summed E-state index contributed by atoms with van der Waals surface area (Å²) in [6.07, 6.45) is -1.27. The van der Waals surface area contributed by atoms with Crippen LogP contribution in [0.2, 0.25) is 0 Å². The fourth-order valence-corrected chi connectivity index (χ4v) is 16.1. The average molecular weight is 1450 g/mol. The highest BCUT2D eigenvalue weighted by molar-refractivity contribution is 7.44. The summed E-state index contributed by atoms with van der Waals surface area (Å²) < 4.78 is 76.8. The maximum Gasteiger partial charge on any atom is 0.407 e. The molecule has 6 aromatic carbocycles. The van der Waals surface area contributed by atoms with Gasteiger partial charge < -0.3 is 61.7 Å². The van der Waals surface area contributed by atoms with Crippen LogP contribution in [0.4, 0.5) is 10.6 Å². The Morgan fingerprint density at radius 2 is 1.26 bits per heavy atom. The summed E-state index contributed by atoms with van der Waals surface area (Å²) in [6.45, 7) is 9.70. The number of rotatable bonds is 32. The van der Waals surface area contributed by atoms with Crippen molar-refractivity contribution in [3.63, 3.8) is 0 Å². The van der Waals surface area contributed by atoms with Gasteiger partial charge in [-0.3, -0.25) is 23.7 Å². The lowest BCUT2D eigenvalue weighted by Crippen LogP contribution is -2.38. The van der Waals surface area contributed by atoms with Crippen LogP contribution >= 0.6 is 17.1 Å². The maximum atomic E-state index is 14.0. The van der Waals surface area contributed by atoms with Crippen molar-refractivity contribution in [2.45, 2.75) is 127 Å². The monoisotopic (exact) mass is 1450 g/mol. The third-order valence-electron chi connectivity index (χ3n) is 18.2. The van der Waals surface area contributed by atoms with Crippen molar-refractivity contribution in [3.8, 4) is 34.8 Å². The maximum absolute atomic E-state index is 14.0. The molecule has 3 aromatic heterocycles. The van der Waals surface area contributed by atoms with Crippen molar-refractivity contribution in [1.29, 1.82) is 10.5 Å². The molecule has 2 saturated heterocycles. The molecule has 3 N–H and O–H groups in total. The number of hydrogen-bond donors (Lipinski definition) is 3. The molecule has 3 unspecified atom stereocenters. The smallest absolute Gasteiger partial charge is 0.407 e. The van der Waals surface area contributed by atoms with Gasteiger partial charge in [-0.2, -0.15) is 10.5 Å². The van der Waals surface area contributed by atoms with Gasteiger partial charge in [-0.1, -0.05) is 115 Å². The number of carbonyl (C=O) groups excluding carboxylic acids is 2. The molecule has 2 fully saturated rings. The Hall–Kier alpha value is -9.63. The van der Waals surface area contributed by atoms with Crippen molar-refractivity contribution in [1.82, 2.24) is 39.1 Å². The van der Waals surface area contributed by atoms with Gasteiger partial charge in [0.1, 0.15) is 54.7 Å². The topological polar surface area (TPSA) is 309 Å². The third-order valence-corrected chi connectivity index (χ3v) is 21.6. The summed E-state index contributed by atoms with van der Waals surface area (Å²) >= 11 is 0. The fraction of sp³-hybridized carbons (Fsp3) is 0.355. The second-order valence-corrected chi connectivity index (χ2v) is 28.1. The first-order valence-electron chi connectivity index (χ1n) is 34.2. The molecule has 0 spiro atoms. The van der Waals surface area contributed by atoms with Gasteiger partial charge in [-0.25, -0.2) is 29.2 Å². The lowest BCUT2D eigenvalue weighted by molar-refractivity contribution is -0.0939. The number of aromatic amines is 1. The number of anilines is 1. The lowest BCUT2D eigenvalue weighted by atomic mass is 9.80. The van der Waals surface area contributed by atoms with Gasteiger partial charge in [-0.15, -0.1) is 0 Å². The summed E-state index contributed by atoms with van der Waals surface area (Å²) in [7, 11) is -1.07. The summed E-state index contributed by atoms with van der Waals surface area (Å²) in [5.41, 5.74) is 6.15. The van der Waals surface area contributed by atoms with Crippen LogP contribution in [0.15, 0.2) is 180 Å². The van der Waals surface area contributed by atoms with E-state index in [1.54, 1.807) is 56.3 Å². The number of methoxy groups -OCH3 is 2. The minimum Gasteiger partial charge on any atom is -0.497 e. The average Bonchev–Trinajstić information content (AvgIpc) is 0.939. The first-order valence-corrected chi connectivity index (χ1v) is 36.4. The molecule has 26 nitrogen and oxygen atoms in total. The van der Waals surface area contributed by atoms with Crippen molar-refractivity contribution in [2.75, 3.05) is 52.6 Å². The van der Waals surface area contributed by atoms with Crippen LogP contribution in [-0.2, 0) is 53.7 Å². The molecule has 2 aliphatic heterocycles. The van der Waals surface area contributed by atoms with Gasteiger partial charge in [0.05, 0.1) is 84.2 Å². The van der Waals surface area contributed by atoms with Crippen molar-refractivity contribution >= 4 is 46.1 Å². The number of benzene rings is 6. The largest absolute Gasteiger partial charge is 0.497 e. The van der Waals surface area contributed by atoms with E-state index in [2.05, 4.69) is 66.7 Å². The molecule has 8 atom stereocenters. The first kappa shape index (κ1) is 74.1. The molecule has 0 radical (unpaired) electrons. The number of nitriles is 2. The highest BCUT2D eigenvalue weighted by atomic mass is 31.2. The van der Waals surface area contributed by atoms with E-state index in [-0.39, 0.29) is 100 Å². The van der Waals surface area contributed by atoms with Crippen molar-refractivity contribution < 1.29 is 60.6 Å². The number of hydrogen-bond acceptors (Lipinski definition) is 21. The Morgan fingerprint density at radius 3 is 1.88 bits per heavy atom. The number of amides is 2. The van der Waals surface area contributed by atoms with E-state index in [4.69, 9.17) is 56.0 Å². The molecule has 3 aliphatic rings. The number of aryl methyl sites for hydroxylation is 1. The summed E-state index contributed by atoms with van der Waals surface area (Å²) in [5, 5.41) is 25.2. The van der Waals surface area contributed by atoms with E-state index in [1.807, 2.05) is 131 Å². The number of fused-ring (bicyclic) bond motifs is 4. The summed E-state index contributed by atoms with van der Waals surface area (Å²) in [4.78, 5) is 69.6. The molecule has 5 heterocycles. The SMILES string of the molecule is COc1ccc(C(OC[C@H]2O[C@@H](n3cc(C)c(=O)[nH]c3=O)CC2OP(OCCC#N)OC[C@H]2O[C@@H](n3cnc4c(NC(=O)c5ccc(CNC(=O)OCC6c7ccccc7-c7ccccc76)cc5)ncnc43)C[C@@H]2OP(OCCC#N)N(C(C)C)C(C)C)(c2ccccc2)c2ccc(OC)cc2)cc1. The Bertz CT molecular complexity index is 4530. The van der Waals surface area contributed by atoms with Gasteiger partial charge >= 0.3 is 20.4 Å². The van der Waals surface area contributed by atoms with Crippen LogP contribution in [0.5, 0.6) is 11.5 Å². The van der Waals surface area contributed by atoms with Gasteiger partial charge in [0.2, 0.25) is 0 Å². The van der Waals surface area contributed by atoms with Crippen LogP contribution in [0.1, 0.15) is 121 Å². The Balaban J connectivity index is 0.787. The third kappa shape index (κ3) is 16.8. The molecule has 0 bridgehead atoms. The Labute approximate surface area is 604 Å². The molecule has 9 aromatic rings. The zero-order valence-corrected chi connectivity index (χ0v) is 60.3. The number of imidazole rings is 1. The van der Waals surface area contributed by atoms with Crippen LogP contribution in [0.3, 0.4) is 0 Å². The zero-order valence-electron chi connectivity index (χ0n) is 58.5. The summed E-state index contributed by atoms with van der Waals surface area (Å²) in [6, 6.07) is 52.1. The number of alkyl carbamates (subject to hydrolysis) is 1. The normalized spacial score (nSPS) is 18.4. The molecule has 0 saturated carbocycles. The Morgan fingerprint density at radius 1 is 0.683 bits per heavy atom. The molecule has 2 amide bonds. The second-order valence-electron chi connectivity index (χ2n) is 25.5. The van der Waals surface area contributed by atoms with Gasteiger partial charge in [0.25, 0.3) is 20.0 Å². The standard InChI is InChI=1S/C76H81N11O15P2/c1-48(2)87(49(3)4)103(96-37-15-35-77)101-63-39-68(86-47-82-69-70(80-46-81-71(69)86)83-73(89)52-25-23-51(24-26-52)41-79-75(91)94-43-62-60-21-13-11-19-58(60)59-20-12-14-22-61(59)62)100-66(63)45-98-104(97-38-16-36-78)102-64-40-67(85-42-50(5)72(88)84-74(85)90)99-65(64)44-95-76(53-17-9-8-10-18-53,54-27-31-56(92-6)32-28-54)55-29-33-57(93-7)34-30-55/h8-14,17-34,42,46-49,62-68H,15-16,37-41,43-45H2,1-7H3,(H,79,91)(H,84,88,90)(H,80,81,83,89)/t63-,64?,65+,66+,67+,68+,103?,104?/m0/s1. The number of ether oxygens (including phenoxy) is 6. The lowest BCUT2D eigenvalue weighted by Gasteiger charge is -2.37. The first-order chi connectivity index (χ1) is 50.6. The summed E-state index contributed by atoms with van der Waals surface area (Å²) in [5.74, 6) is 0.839. The van der Waals surface area contributed by atoms with Crippen molar-refractivity contribution in [2.24, 2.45) is 0 Å². The number of carbonyl (C=O) groups is 2. The quantitative estimate of drug-likeness (QED) is 0.0200. The van der Waals surface area contributed by atoms with Crippen LogP contribution in [0, 0.1) is 29.6 Å². The highest BCUT2D eigenvalue weighted by Gasteiger charge is 2.47. The number of nitrogens with one attached hydrogen (secondary N) is 3.